The van der Waals surface area contributed by atoms with Gasteiger partial charge >= 0.3 is 11.9 Å². The highest BCUT2D eigenvalue weighted by molar-refractivity contribution is 5.70. The lowest BCUT2D eigenvalue weighted by atomic mass is 10.1. The highest BCUT2D eigenvalue weighted by Crippen LogP contribution is 2.19. The zero-order valence-corrected chi connectivity index (χ0v) is 10.0. The van der Waals surface area contributed by atoms with Gasteiger partial charge in [-0.25, -0.2) is 0 Å². The quantitative estimate of drug-likeness (QED) is 0.722. The molecule has 0 aromatic carbocycles. The normalized spacial score (nSPS) is 28.5. The average Bonchev–Trinajstić information content (AvgIpc) is 2.32. The second-order valence-electron chi connectivity index (χ2n) is 3.79. The summed E-state index contributed by atoms with van der Waals surface area (Å²) in [4.78, 5) is 22.4. The van der Waals surface area contributed by atoms with Crippen molar-refractivity contribution in [3.05, 3.63) is 0 Å². The van der Waals surface area contributed by atoms with Gasteiger partial charge in [0, 0.05) is 19.3 Å². The Hall–Kier alpha value is -1.14. The Balaban J connectivity index is 2.57. The molecule has 0 spiro atoms. The molecule has 1 heterocycles. The molecule has 17 heavy (non-hydrogen) atoms. The van der Waals surface area contributed by atoms with Crippen LogP contribution in [0.5, 0.6) is 0 Å². The molecule has 1 rings (SSSR count). The minimum absolute atomic E-state index is 0.0363. The standard InChI is InChI=1S/C11H18O6/c1-3-9(12)16-7-5-11(14)15-6-8(7)17-10(13)4-2/h7-8,11,14H,3-6H2,1-2H3/t7-,8+,11-/m1/s1. The van der Waals surface area contributed by atoms with Crippen molar-refractivity contribution < 1.29 is 28.9 Å². The van der Waals surface area contributed by atoms with Crippen LogP contribution in [0, 0.1) is 0 Å². The number of ether oxygens (including phenoxy) is 3. The molecule has 0 saturated carbocycles. The fourth-order valence-electron chi connectivity index (χ4n) is 1.47. The van der Waals surface area contributed by atoms with Crippen LogP contribution in [0.3, 0.4) is 0 Å². The molecule has 6 heteroatoms. The van der Waals surface area contributed by atoms with Crippen molar-refractivity contribution in [3.63, 3.8) is 0 Å². The van der Waals surface area contributed by atoms with Crippen molar-refractivity contribution in [2.45, 2.75) is 51.6 Å². The summed E-state index contributed by atoms with van der Waals surface area (Å²) < 4.78 is 15.2. The topological polar surface area (TPSA) is 82.1 Å². The van der Waals surface area contributed by atoms with Crippen molar-refractivity contribution in [1.29, 1.82) is 0 Å². The van der Waals surface area contributed by atoms with Gasteiger partial charge in [0.15, 0.2) is 12.4 Å². The van der Waals surface area contributed by atoms with Gasteiger partial charge in [-0.3, -0.25) is 9.59 Å². The van der Waals surface area contributed by atoms with E-state index in [4.69, 9.17) is 14.2 Å². The number of carbonyl (C=O) groups is 2. The van der Waals surface area contributed by atoms with E-state index in [0.29, 0.717) is 0 Å². The molecule has 0 unspecified atom stereocenters. The molecule has 1 aliphatic heterocycles. The number of carbonyl (C=O) groups excluding carboxylic acids is 2. The van der Waals surface area contributed by atoms with Crippen molar-refractivity contribution in [2.24, 2.45) is 0 Å². The van der Waals surface area contributed by atoms with Gasteiger partial charge < -0.3 is 19.3 Å². The zero-order valence-electron chi connectivity index (χ0n) is 10.0. The largest absolute Gasteiger partial charge is 0.458 e. The van der Waals surface area contributed by atoms with Gasteiger partial charge in [0.1, 0.15) is 6.10 Å². The summed E-state index contributed by atoms with van der Waals surface area (Å²) in [7, 11) is 0. The molecule has 98 valence electrons. The van der Waals surface area contributed by atoms with E-state index in [2.05, 4.69) is 0 Å². The second-order valence-corrected chi connectivity index (χ2v) is 3.79. The van der Waals surface area contributed by atoms with E-state index in [0.717, 1.165) is 0 Å². The van der Waals surface area contributed by atoms with E-state index in [1.807, 2.05) is 0 Å². The van der Waals surface area contributed by atoms with Crippen molar-refractivity contribution >= 4 is 11.9 Å². The lowest BCUT2D eigenvalue weighted by Gasteiger charge is -2.33. The first kappa shape index (κ1) is 13.9. The third-order valence-electron chi connectivity index (χ3n) is 2.44. The number of esters is 2. The third-order valence-corrected chi connectivity index (χ3v) is 2.44. The van der Waals surface area contributed by atoms with Gasteiger partial charge in [-0.1, -0.05) is 13.8 Å². The molecule has 6 nitrogen and oxygen atoms in total. The summed E-state index contributed by atoms with van der Waals surface area (Å²) in [6.07, 6.45) is -1.66. The fraction of sp³-hybridized carbons (Fsp3) is 0.818. The molecule has 3 atom stereocenters. The predicted octanol–water partition coefficient (Wildman–Crippen LogP) is 0.369. The van der Waals surface area contributed by atoms with Crippen LogP contribution in [-0.2, 0) is 23.8 Å². The monoisotopic (exact) mass is 246 g/mol. The van der Waals surface area contributed by atoms with Crippen molar-refractivity contribution in [3.8, 4) is 0 Å². The Labute approximate surface area is 99.8 Å². The van der Waals surface area contributed by atoms with Gasteiger partial charge in [0.25, 0.3) is 0 Å². The van der Waals surface area contributed by atoms with Gasteiger partial charge in [-0.2, -0.15) is 0 Å². The van der Waals surface area contributed by atoms with Crippen LogP contribution in [0.15, 0.2) is 0 Å². The van der Waals surface area contributed by atoms with Crippen LogP contribution in [0.1, 0.15) is 33.1 Å². The molecule has 1 N–H and O–H groups in total. The SMILES string of the molecule is CCC(=O)O[C@H]1CO[C@@H](O)C[C@H]1OC(=O)CC. The summed E-state index contributed by atoms with van der Waals surface area (Å²) in [5, 5.41) is 9.32. The maximum Gasteiger partial charge on any atom is 0.305 e. The Kier molecular flexibility index (Phi) is 5.37. The lowest BCUT2D eigenvalue weighted by molar-refractivity contribution is -0.218. The average molecular weight is 246 g/mol. The summed E-state index contributed by atoms with van der Waals surface area (Å²) >= 11 is 0. The first-order valence-corrected chi connectivity index (χ1v) is 5.75. The Morgan fingerprint density at radius 3 is 2.24 bits per heavy atom. The lowest BCUT2D eigenvalue weighted by Crippen LogP contribution is -2.46. The van der Waals surface area contributed by atoms with E-state index in [1.165, 1.54) is 0 Å². The maximum absolute atomic E-state index is 11.2. The van der Waals surface area contributed by atoms with E-state index in [9.17, 15) is 14.7 Å². The number of aliphatic hydroxyl groups excluding tert-OH is 1. The Morgan fingerprint density at radius 2 is 1.71 bits per heavy atom. The highest BCUT2D eigenvalue weighted by Gasteiger charge is 2.35. The number of rotatable bonds is 4. The number of hydrogen-bond donors (Lipinski definition) is 1. The van der Waals surface area contributed by atoms with Crippen LogP contribution >= 0.6 is 0 Å². The van der Waals surface area contributed by atoms with Crippen LogP contribution in [-0.4, -0.2) is 42.1 Å². The molecule has 0 aliphatic carbocycles. The highest BCUT2D eigenvalue weighted by atomic mass is 16.6. The van der Waals surface area contributed by atoms with Gasteiger partial charge in [-0.05, 0) is 0 Å². The molecule has 0 bridgehead atoms. The minimum atomic E-state index is -0.985. The number of aliphatic hydroxyl groups is 1. The van der Waals surface area contributed by atoms with E-state index >= 15 is 0 Å². The summed E-state index contributed by atoms with van der Waals surface area (Å²) in [6, 6.07) is 0. The number of hydrogen-bond acceptors (Lipinski definition) is 6. The smallest absolute Gasteiger partial charge is 0.305 e. The molecule has 0 aromatic heterocycles. The van der Waals surface area contributed by atoms with Crippen molar-refractivity contribution in [1.82, 2.24) is 0 Å². The zero-order chi connectivity index (χ0) is 12.8. The van der Waals surface area contributed by atoms with Gasteiger partial charge in [0.2, 0.25) is 0 Å². The molecule has 1 saturated heterocycles. The van der Waals surface area contributed by atoms with Crippen molar-refractivity contribution in [2.75, 3.05) is 6.61 Å². The molecular weight excluding hydrogens is 228 g/mol. The molecule has 0 aromatic rings. The van der Waals surface area contributed by atoms with Gasteiger partial charge in [0.05, 0.1) is 6.61 Å². The fourth-order valence-corrected chi connectivity index (χ4v) is 1.47. The first-order valence-electron chi connectivity index (χ1n) is 5.75. The van der Waals surface area contributed by atoms with Crippen LogP contribution < -0.4 is 0 Å². The van der Waals surface area contributed by atoms with Gasteiger partial charge in [-0.15, -0.1) is 0 Å². The molecular formula is C11H18O6. The third kappa shape index (κ3) is 4.32. The maximum atomic E-state index is 11.2. The van der Waals surface area contributed by atoms with Crippen LogP contribution in [0.25, 0.3) is 0 Å². The summed E-state index contributed by atoms with van der Waals surface area (Å²) in [5.74, 6) is -0.769. The Morgan fingerprint density at radius 1 is 1.18 bits per heavy atom. The molecule has 1 fully saturated rings. The molecule has 0 amide bonds. The predicted molar refractivity (Wildman–Crippen MR) is 56.9 cm³/mol. The van der Waals surface area contributed by atoms with Crippen LogP contribution in [0.4, 0.5) is 0 Å². The van der Waals surface area contributed by atoms with E-state index in [1.54, 1.807) is 13.8 Å². The Bertz CT molecular complexity index is 277. The van der Waals surface area contributed by atoms with Crippen LogP contribution in [0.2, 0.25) is 0 Å². The summed E-state index contributed by atoms with van der Waals surface area (Å²) in [5.41, 5.74) is 0. The van der Waals surface area contributed by atoms with E-state index < -0.39 is 18.5 Å². The van der Waals surface area contributed by atoms with E-state index in [-0.39, 0.29) is 37.8 Å². The minimum Gasteiger partial charge on any atom is -0.458 e. The molecule has 1 aliphatic rings. The first-order chi connectivity index (χ1) is 8.06. The molecule has 0 radical (unpaired) electrons. The second kappa shape index (κ2) is 6.56. The summed E-state index contributed by atoms with van der Waals surface area (Å²) in [6.45, 7) is 3.38.